The lowest BCUT2D eigenvalue weighted by Gasteiger charge is -2.24. The molecule has 3 N–H and O–H groups in total. The van der Waals surface area contributed by atoms with Crippen molar-refractivity contribution in [2.45, 2.75) is 32.6 Å². The second kappa shape index (κ2) is 6.43. The molecule has 0 radical (unpaired) electrons. The van der Waals surface area contributed by atoms with Crippen molar-refractivity contribution < 1.29 is 4.79 Å². The topological polar surface area (TPSA) is 55.1 Å². The van der Waals surface area contributed by atoms with Crippen molar-refractivity contribution in [3.63, 3.8) is 0 Å². The lowest BCUT2D eigenvalue weighted by molar-refractivity contribution is -0.117. The molecule has 3 nitrogen and oxygen atoms in total. The smallest absolute Gasteiger partial charge is 0.224 e. The molecular weight excluding hydrogens is 316 g/mol. The van der Waals surface area contributed by atoms with E-state index in [-0.39, 0.29) is 18.3 Å². The van der Waals surface area contributed by atoms with E-state index in [0.717, 1.165) is 10.0 Å². The number of halogens is 2. The lowest BCUT2D eigenvalue weighted by Crippen LogP contribution is -2.21. The number of hydrogen-bond donors (Lipinski definition) is 2. The summed E-state index contributed by atoms with van der Waals surface area (Å²) in [5.74, 6) is 0.642. The van der Waals surface area contributed by atoms with E-state index in [1.807, 2.05) is 19.1 Å². The number of aryl methyl sites for hydroxylation is 1. The summed E-state index contributed by atoms with van der Waals surface area (Å²) in [5.41, 5.74) is 8.27. The maximum Gasteiger partial charge on any atom is 0.224 e. The zero-order chi connectivity index (χ0) is 12.4. The number of amides is 1. The van der Waals surface area contributed by atoms with Crippen molar-refractivity contribution >= 4 is 45.6 Å². The van der Waals surface area contributed by atoms with Gasteiger partial charge in [0.25, 0.3) is 0 Å². The molecule has 0 aromatic heterocycles. The van der Waals surface area contributed by atoms with Crippen molar-refractivity contribution in [3.05, 3.63) is 22.2 Å². The minimum Gasteiger partial charge on any atom is -0.397 e. The fraction of sp³-hybridized carbons (Fsp3) is 0.462. The van der Waals surface area contributed by atoms with E-state index in [2.05, 4.69) is 21.2 Å². The minimum atomic E-state index is 0. The number of anilines is 2. The quantitative estimate of drug-likeness (QED) is 0.825. The lowest BCUT2D eigenvalue weighted by atomic mass is 9.83. The number of hydrogen-bond acceptors (Lipinski definition) is 2. The van der Waals surface area contributed by atoms with Crippen molar-refractivity contribution in [1.82, 2.24) is 0 Å². The third-order valence-electron chi connectivity index (χ3n) is 3.32. The van der Waals surface area contributed by atoms with Gasteiger partial charge in [-0.25, -0.2) is 0 Å². The summed E-state index contributed by atoms with van der Waals surface area (Å²) in [6, 6.07) is 3.79. The molecule has 2 rings (SSSR count). The largest absolute Gasteiger partial charge is 0.397 e. The van der Waals surface area contributed by atoms with Gasteiger partial charge in [-0.15, -0.1) is 12.4 Å². The molecule has 0 atom stereocenters. The van der Waals surface area contributed by atoms with Gasteiger partial charge in [0.15, 0.2) is 0 Å². The summed E-state index contributed by atoms with van der Waals surface area (Å²) >= 11 is 3.41. The summed E-state index contributed by atoms with van der Waals surface area (Å²) in [7, 11) is 0. The Hall–Kier alpha value is -0.740. The van der Waals surface area contributed by atoms with Crippen LogP contribution in [0.15, 0.2) is 16.6 Å². The standard InChI is InChI=1S/C13H17BrN2O.ClH/c1-8-5-10(14)7-11(13(8)15)16-12(17)6-9-3-2-4-9;/h5,7,9H,2-4,6,15H2,1H3,(H,16,17);1H. The summed E-state index contributed by atoms with van der Waals surface area (Å²) in [6.45, 7) is 1.93. The van der Waals surface area contributed by atoms with Gasteiger partial charge in [0, 0.05) is 10.9 Å². The van der Waals surface area contributed by atoms with Gasteiger partial charge in [-0.3, -0.25) is 4.79 Å². The molecule has 0 heterocycles. The Morgan fingerprint density at radius 3 is 2.72 bits per heavy atom. The van der Waals surface area contributed by atoms with Crippen molar-refractivity contribution in [2.75, 3.05) is 11.1 Å². The number of nitrogens with one attached hydrogen (secondary N) is 1. The van der Waals surface area contributed by atoms with Gasteiger partial charge < -0.3 is 11.1 Å². The van der Waals surface area contributed by atoms with Crippen LogP contribution < -0.4 is 11.1 Å². The SMILES string of the molecule is Cc1cc(Br)cc(NC(=O)CC2CCC2)c1N.Cl. The normalized spacial score (nSPS) is 14.6. The number of nitrogen functional groups attached to an aromatic ring is 1. The Balaban J connectivity index is 0.00000162. The molecule has 0 saturated heterocycles. The van der Waals surface area contributed by atoms with Gasteiger partial charge in [-0.2, -0.15) is 0 Å². The summed E-state index contributed by atoms with van der Waals surface area (Å²) in [5, 5.41) is 2.90. The third kappa shape index (κ3) is 3.62. The predicted octanol–water partition coefficient (Wildman–Crippen LogP) is 3.89. The highest BCUT2D eigenvalue weighted by atomic mass is 79.9. The van der Waals surface area contributed by atoms with Crippen LogP contribution in [0.3, 0.4) is 0 Å². The molecule has 18 heavy (non-hydrogen) atoms. The van der Waals surface area contributed by atoms with E-state index < -0.39 is 0 Å². The van der Waals surface area contributed by atoms with Crippen molar-refractivity contribution in [2.24, 2.45) is 5.92 Å². The highest BCUT2D eigenvalue weighted by Crippen LogP contribution is 2.31. The average Bonchev–Trinajstić information content (AvgIpc) is 2.19. The Labute approximate surface area is 122 Å². The number of benzene rings is 1. The van der Waals surface area contributed by atoms with Crippen LogP contribution in [-0.4, -0.2) is 5.91 Å². The second-order valence-electron chi connectivity index (χ2n) is 4.73. The second-order valence-corrected chi connectivity index (χ2v) is 5.65. The Morgan fingerprint density at radius 1 is 1.50 bits per heavy atom. The minimum absolute atomic E-state index is 0. The van der Waals surface area contributed by atoms with Gasteiger partial charge in [0.1, 0.15) is 0 Å². The van der Waals surface area contributed by atoms with Crippen LogP contribution in [-0.2, 0) is 4.79 Å². The molecule has 0 unspecified atom stereocenters. The predicted molar refractivity (Wildman–Crippen MR) is 81.1 cm³/mol. The summed E-state index contributed by atoms with van der Waals surface area (Å²) in [6.07, 6.45) is 4.24. The number of carbonyl (C=O) groups excluding carboxylic acids is 1. The van der Waals surface area contributed by atoms with E-state index in [1.165, 1.54) is 19.3 Å². The molecule has 1 aromatic carbocycles. The van der Waals surface area contributed by atoms with Crippen LogP contribution in [0.5, 0.6) is 0 Å². The number of carbonyl (C=O) groups is 1. The molecule has 100 valence electrons. The molecule has 1 aliphatic carbocycles. The van der Waals surface area contributed by atoms with Crippen LogP contribution in [0.1, 0.15) is 31.2 Å². The van der Waals surface area contributed by atoms with Crippen molar-refractivity contribution in [1.29, 1.82) is 0 Å². The van der Waals surface area contributed by atoms with Crippen LogP contribution in [0, 0.1) is 12.8 Å². The summed E-state index contributed by atoms with van der Waals surface area (Å²) in [4.78, 5) is 11.8. The molecule has 5 heteroatoms. The van der Waals surface area contributed by atoms with Crippen LogP contribution in [0.25, 0.3) is 0 Å². The average molecular weight is 334 g/mol. The Morgan fingerprint density at radius 2 is 2.17 bits per heavy atom. The van der Waals surface area contributed by atoms with Crippen LogP contribution >= 0.6 is 28.3 Å². The van der Waals surface area contributed by atoms with E-state index >= 15 is 0 Å². The zero-order valence-corrected chi connectivity index (χ0v) is 12.7. The third-order valence-corrected chi connectivity index (χ3v) is 3.78. The number of rotatable bonds is 3. The van der Waals surface area contributed by atoms with E-state index in [0.29, 0.717) is 23.7 Å². The molecule has 1 aromatic rings. The highest BCUT2D eigenvalue weighted by molar-refractivity contribution is 9.10. The Kier molecular flexibility index (Phi) is 5.47. The van der Waals surface area contributed by atoms with Gasteiger partial charge in [-0.1, -0.05) is 22.4 Å². The first-order chi connectivity index (χ1) is 8.06. The van der Waals surface area contributed by atoms with Gasteiger partial charge >= 0.3 is 0 Å². The maximum atomic E-state index is 11.8. The van der Waals surface area contributed by atoms with E-state index in [1.54, 1.807) is 0 Å². The molecule has 0 aliphatic heterocycles. The fourth-order valence-corrected chi connectivity index (χ4v) is 2.59. The van der Waals surface area contributed by atoms with Crippen molar-refractivity contribution in [3.8, 4) is 0 Å². The number of nitrogens with two attached hydrogens (primary N) is 1. The Bertz CT molecular complexity index is 447. The molecule has 1 fully saturated rings. The molecule has 0 bridgehead atoms. The van der Waals surface area contributed by atoms with Crippen LogP contribution in [0.2, 0.25) is 0 Å². The van der Waals surface area contributed by atoms with E-state index in [9.17, 15) is 4.79 Å². The first kappa shape index (κ1) is 15.3. The summed E-state index contributed by atoms with van der Waals surface area (Å²) < 4.78 is 0.933. The van der Waals surface area contributed by atoms with E-state index in [4.69, 9.17) is 5.73 Å². The first-order valence-electron chi connectivity index (χ1n) is 5.91. The van der Waals surface area contributed by atoms with Gasteiger partial charge in [-0.05, 0) is 43.4 Å². The molecule has 1 saturated carbocycles. The molecule has 1 aliphatic rings. The van der Waals surface area contributed by atoms with Gasteiger partial charge in [0.05, 0.1) is 11.4 Å². The molecular formula is C13H18BrClN2O. The fourth-order valence-electron chi connectivity index (χ4n) is 2.02. The highest BCUT2D eigenvalue weighted by Gasteiger charge is 2.21. The first-order valence-corrected chi connectivity index (χ1v) is 6.71. The molecule has 1 amide bonds. The van der Waals surface area contributed by atoms with Gasteiger partial charge in [0.2, 0.25) is 5.91 Å². The monoisotopic (exact) mass is 332 g/mol. The molecule has 0 spiro atoms. The zero-order valence-electron chi connectivity index (χ0n) is 10.3. The maximum absolute atomic E-state index is 11.8. The van der Waals surface area contributed by atoms with Crippen LogP contribution in [0.4, 0.5) is 11.4 Å².